The highest BCUT2D eigenvalue weighted by Crippen LogP contribution is 2.27. The van der Waals surface area contributed by atoms with Crippen LogP contribution in [0.4, 0.5) is 4.39 Å². The van der Waals surface area contributed by atoms with Crippen molar-refractivity contribution in [2.45, 2.75) is 12.6 Å². The number of aliphatic carboxylic acids is 2. The van der Waals surface area contributed by atoms with Gasteiger partial charge in [0.05, 0.1) is 23.0 Å². The SMILES string of the molecule is CN(C)Cc1c(-c2ccccc2)nc2c(C(=O)NC(C#N)c3cccc(F)c3)cccn12.O=C(O)C(=O)O. The molecule has 0 bridgehead atoms. The van der Waals surface area contributed by atoms with Gasteiger partial charge in [-0.15, -0.1) is 0 Å². The van der Waals surface area contributed by atoms with Crippen molar-refractivity contribution in [1.82, 2.24) is 19.6 Å². The monoisotopic (exact) mass is 517 g/mol. The molecule has 0 aliphatic heterocycles. The van der Waals surface area contributed by atoms with Crippen LogP contribution in [0.15, 0.2) is 72.9 Å². The van der Waals surface area contributed by atoms with Crippen molar-refractivity contribution in [3.8, 4) is 17.3 Å². The van der Waals surface area contributed by atoms with Crippen molar-refractivity contribution in [3.05, 3.63) is 95.6 Å². The molecule has 38 heavy (non-hydrogen) atoms. The molecule has 0 saturated carbocycles. The van der Waals surface area contributed by atoms with Crippen LogP contribution in [0.25, 0.3) is 16.9 Å². The predicted octanol–water partition coefficient (Wildman–Crippen LogP) is 3.35. The molecule has 0 aliphatic carbocycles. The third kappa shape index (κ3) is 6.57. The zero-order valence-electron chi connectivity index (χ0n) is 20.5. The van der Waals surface area contributed by atoms with Crippen LogP contribution in [-0.4, -0.2) is 56.4 Å². The third-order valence-electron chi connectivity index (χ3n) is 5.28. The summed E-state index contributed by atoms with van der Waals surface area (Å²) in [7, 11) is 3.95. The highest BCUT2D eigenvalue weighted by atomic mass is 19.1. The minimum Gasteiger partial charge on any atom is -0.473 e. The molecule has 0 aliphatic rings. The Morgan fingerprint density at radius 3 is 2.32 bits per heavy atom. The van der Waals surface area contributed by atoms with Crippen LogP contribution in [0.5, 0.6) is 0 Å². The van der Waals surface area contributed by atoms with Crippen LogP contribution in [0.1, 0.15) is 27.7 Å². The smallest absolute Gasteiger partial charge is 0.414 e. The summed E-state index contributed by atoms with van der Waals surface area (Å²) >= 11 is 0. The predicted molar refractivity (Wildman–Crippen MR) is 136 cm³/mol. The lowest BCUT2D eigenvalue weighted by atomic mass is 10.1. The molecule has 0 spiro atoms. The minimum absolute atomic E-state index is 0.339. The van der Waals surface area contributed by atoms with Gasteiger partial charge in [-0.25, -0.2) is 19.0 Å². The fourth-order valence-corrected chi connectivity index (χ4v) is 3.66. The second-order valence-corrected chi connectivity index (χ2v) is 8.33. The summed E-state index contributed by atoms with van der Waals surface area (Å²) in [5.74, 6) is -4.56. The molecule has 3 N–H and O–H groups in total. The summed E-state index contributed by atoms with van der Waals surface area (Å²) in [5, 5.41) is 27.0. The van der Waals surface area contributed by atoms with Gasteiger partial charge in [0.15, 0.2) is 5.65 Å². The van der Waals surface area contributed by atoms with Gasteiger partial charge in [-0.05, 0) is 43.9 Å². The molecule has 1 amide bonds. The number of imidazole rings is 1. The molecule has 4 rings (SSSR count). The molecule has 2 heterocycles. The summed E-state index contributed by atoms with van der Waals surface area (Å²) in [5.41, 5.74) is 3.92. The van der Waals surface area contributed by atoms with Gasteiger partial charge in [0.25, 0.3) is 5.91 Å². The Hall–Kier alpha value is -5.08. The summed E-state index contributed by atoms with van der Waals surface area (Å²) in [6.45, 7) is 0.626. The highest BCUT2D eigenvalue weighted by Gasteiger charge is 2.22. The second kappa shape index (κ2) is 12.2. The third-order valence-corrected chi connectivity index (χ3v) is 5.28. The van der Waals surface area contributed by atoms with E-state index in [2.05, 4.69) is 5.32 Å². The van der Waals surface area contributed by atoms with Gasteiger partial charge in [0, 0.05) is 18.3 Å². The van der Waals surface area contributed by atoms with Crippen LogP contribution in [0.3, 0.4) is 0 Å². The number of nitrogens with zero attached hydrogens (tertiary/aromatic N) is 4. The van der Waals surface area contributed by atoms with Crippen LogP contribution in [-0.2, 0) is 16.1 Å². The molecule has 0 fully saturated rings. The number of pyridine rings is 1. The van der Waals surface area contributed by atoms with Crippen molar-refractivity contribution >= 4 is 23.5 Å². The molecule has 11 heteroatoms. The van der Waals surface area contributed by atoms with Crippen LogP contribution < -0.4 is 5.32 Å². The van der Waals surface area contributed by atoms with E-state index in [0.717, 1.165) is 17.0 Å². The maximum absolute atomic E-state index is 13.6. The van der Waals surface area contributed by atoms with Gasteiger partial charge >= 0.3 is 11.9 Å². The Labute approximate surface area is 217 Å². The number of halogens is 1. The van der Waals surface area contributed by atoms with Crippen LogP contribution in [0, 0.1) is 17.1 Å². The zero-order valence-corrected chi connectivity index (χ0v) is 20.5. The lowest BCUT2D eigenvalue weighted by Crippen LogP contribution is -2.28. The molecule has 10 nitrogen and oxygen atoms in total. The van der Waals surface area contributed by atoms with E-state index in [1.54, 1.807) is 18.2 Å². The second-order valence-electron chi connectivity index (χ2n) is 8.33. The number of fused-ring (bicyclic) bond motifs is 1. The number of benzene rings is 2. The van der Waals surface area contributed by atoms with Gasteiger partial charge in [0.2, 0.25) is 0 Å². The zero-order chi connectivity index (χ0) is 27.8. The molecule has 1 atom stereocenters. The Bertz CT molecular complexity index is 1500. The Balaban J connectivity index is 0.000000599. The molecular formula is C27H24FN5O5. The van der Waals surface area contributed by atoms with E-state index in [4.69, 9.17) is 24.8 Å². The van der Waals surface area contributed by atoms with E-state index >= 15 is 0 Å². The number of nitriles is 1. The summed E-state index contributed by atoms with van der Waals surface area (Å²) in [6.07, 6.45) is 1.87. The van der Waals surface area contributed by atoms with Gasteiger partial charge in [-0.3, -0.25) is 4.79 Å². The summed E-state index contributed by atoms with van der Waals surface area (Å²) < 4.78 is 15.5. The number of hydrogen-bond donors (Lipinski definition) is 3. The summed E-state index contributed by atoms with van der Waals surface area (Å²) in [6, 6.07) is 20.0. The molecule has 194 valence electrons. The molecular weight excluding hydrogens is 493 g/mol. The lowest BCUT2D eigenvalue weighted by Gasteiger charge is -2.13. The van der Waals surface area contributed by atoms with E-state index in [1.807, 2.05) is 66.0 Å². The van der Waals surface area contributed by atoms with Gasteiger partial charge in [0.1, 0.15) is 11.9 Å². The highest BCUT2D eigenvalue weighted by molar-refractivity contribution is 6.27. The van der Waals surface area contributed by atoms with Gasteiger partial charge in [-0.2, -0.15) is 5.26 Å². The normalized spacial score (nSPS) is 11.2. The number of carboxylic acids is 2. The molecule has 0 radical (unpaired) electrons. The van der Waals surface area contributed by atoms with Crippen molar-refractivity contribution in [3.63, 3.8) is 0 Å². The van der Waals surface area contributed by atoms with Crippen molar-refractivity contribution in [2.75, 3.05) is 14.1 Å². The van der Waals surface area contributed by atoms with Crippen molar-refractivity contribution < 1.29 is 29.0 Å². The molecule has 2 aromatic carbocycles. The maximum atomic E-state index is 13.6. The molecule has 2 aromatic heterocycles. The van der Waals surface area contributed by atoms with Crippen molar-refractivity contribution in [1.29, 1.82) is 5.26 Å². The fraction of sp³-hybridized carbons (Fsp3) is 0.148. The average Bonchev–Trinajstić information content (AvgIpc) is 3.25. The molecule has 1 unspecified atom stereocenters. The summed E-state index contributed by atoms with van der Waals surface area (Å²) in [4.78, 5) is 38.2. The standard InChI is InChI=1S/C25H22FN5O.C2H2O4/c1-30(2)16-22-23(17-8-4-3-5-9-17)29-24-20(12-7-13-31(22)24)25(32)28-21(15-27)18-10-6-11-19(26)14-18;3-1(4)2(5)6/h3-14,21H,16H2,1-2H3,(H,28,32);(H,3,4)(H,5,6). The van der Waals surface area contributed by atoms with Crippen LogP contribution in [0.2, 0.25) is 0 Å². The molecule has 0 saturated heterocycles. The number of carbonyl (C=O) groups excluding carboxylic acids is 1. The number of carbonyl (C=O) groups is 3. The maximum Gasteiger partial charge on any atom is 0.414 e. The Morgan fingerprint density at radius 2 is 1.74 bits per heavy atom. The number of nitrogens with one attached hydrogen (secondary N) is 1. The number of hydrogen-bond acceptors (Lipinski definition) is 6. The first-order valence-electron chi connectivity index (χ1n) is 11.2. The minimum atomic E-state index is -1.82. The van der Waals surface area contributed by atoms with E-state index in [9.17, 15) is 14.4 Å². The Kier molecular flexibility index (Phi) is 8.86. The van der Waals surface area contributed by atoms with E-state index < -0.39 is 29.7 Å². The lowest BCUT2D eigenvalue weighted by molar-refractivity contribution is -0.159. The topological polar surface area (TPSA) is 148 Å². The first kappa shape index (κ1) is 27.5. The first-order chi connectivity index (χ1) is 18.1. The number of carboxylic acid groups (broad SMARTS) is 2. The van der Waals surface area contributed by atoms with Crippen LogP contribution >= 0.6 is 0 Å². The van der Waals surface area contributed by atoms with E-state index in [-0.39, 0.29) is 0 Å². The Morgan fingerprint density at radius 1 is 1.05 bits per heavy atom. The van der Waals surface area contributed by atoms with Crippen molar-refractivity contribution in [2.24, 2.45) is 0 Å². The number of rotatable bonds is 6. The molecule has 4 aromatic rings. The van der Waals surface area contributed by atoms with Gasteiger partial charge < -0.3 is 24.8 Å². The van der Waals surface area contributed by atoms with Gasteiger partial charge in [-0.1, -0.05) is 42.5 Å². The first-order valence-corrected chi connectivity index (χ1v) is 11.2. The quantitative estimate of drug-likeness (QED) is 0.330. The fourth-order valence-electron chi connectivity index (χ4n) is 3.66. The van der Waals surface area contributed by atoms with E-state index in [0.29, 0.717) is 23.3 Å². The average molecular weight is 518 g/mol. The number of aromatic nitrogens is 2. The van der Waals surface area contributed by atoms with E-state index in [1.165, 1.54) is 18.2 Å². The largest absolute Gasteiger partial charge is 0.473 e. The number of amides is 1.